The van der Waals surface area contributed by atoms with Gasteiger partial charge in [0.15, 0.2) is 0 Å². The molecule has 0 saturated carbocycles. The predicted octanol–water partition coefficient (Wildman–Crippen LogP) is 2.88. The van der Waals surface area contributed by atoms with E-state index in [1.165, 1.54) is 0 Å². The summed E-state index contributed by atoms with van der Waals surface area (Å²) in [6.45, 7) is 4.27. The summed E-state index contributed by atoms with van der Waals surface area (Å²) in [6.07, 6.45) is 4.12. The van der Waals surface area contributed by atoms with Gasteiger partial charge in [-0.15, -0.1) is 0 Å². The maximum absolute atomic E-state index is 11.8. The number of allylic oxidation sites excluding steroid dienone is 1. The van der Waals surface area contributed by atoms with E-state index in [9.17, 15) is 4.79 Å². The topological polar surface area (TPSA) is 41.5 Å². The number of hydrogen-bond acceptors (Lipinski definition) is 2. The lowest BCUT2D eigenvalue weighted by Gasteiger charge is -2.08. The van der Waals surface area contributed by atoms with E-state index in [0.717, 1.165) is 24.1 Å². The van der Waals surface area contributed by atoms with Gasteiger partial charge in [-0.3, -0.25) is 4.79 Å². The first-order chi connectivity index (χ1) is 8.76. The van der Waals surface area contributed by atoms with Crippen molar-refractivity contribution in [2.24, 2.45) is 11.0 Å². The van der Waals surface area contributed by atoms with Crippen LogP contribution in [-0.2, 0) is 4.79 Å². The van der Waals surface area contributed by atoms with Crippen LogP contribution in [0.5, 0.6) is 0 Å². The zero-order valence-corrected chi connectivity index (χ0v) is 10.8. The number of hydrazone groups is 1. The van der Waals surface area contributed by atoms with Crippen LogP contribution in [0, 0.1) is 5.92 Å². The molecule has 1 aliphatic heterocycles. The van der Waals surface area contributed by atoms with Crippen LogP contribution < -0.4 is 5.43 Å². The van der Waals surface area contributed by atoms with Gasteiger partial charge in [-0.25, -0.2) is 5.43 Å². The fourth-order valence-corrected chi connectivity index (χ4v) is 2.07. The molecule has 1 aromatic rings. The quantitative estimate of drug-likeness (QED) is 0.810. The van der Waals surface area contributed by atoms with Gasteiger partial charge in [0.1, 0.15) is 5.71 Å². The third kappa shape index (κ3) is 2.50. The lowest BCUT2D eigenvalue weighted by atomic mass is 9.95. The standard InChI is InChI=1S/C15H18N2O/c1-3-11(4-2)10-13-14(16-17-15(13)18)12-8-6-5-7-9-12/h5-11H,3-4H2,1-2H3,(H,17,18)/b13-10-. The summed E-state index contributed by atoms with van der Waals surface area (Å²) in [5.41, 5.74) is 4.99. The van der Waals surface area contributed by atoms with Crippen molar-refractivity contribution in [3.05, 3.63) is 47.5 Å². The molecule has 1 heterocycles. The summed E-state index contributed by atoms with van der Waals surface area (Å²) < 4.78 is 0. The van der Waals surface area contributed by atoms with Crippen LogP contribution in [0.4, 0.5) is 0 Å². The molecule has 1 aliphatic rings. The van der Waals surface area contributed by atoms with E-state index >= 15 is 0 Å². The van der Waals surface area contributed by atoms with E-state index in [1.54, 1.807) is 0 Å². The molecule has 3 heteroatoms. The third-order valence-corrected chi connectivity index (χ3v) is 3.27. The van der Waals surface area contributed by atoms with E-state index in [-0.39, 0.29) is 5.91 Å². The van der Waals surface area contributed by atoms with Crippen LogP contribution in [0.25, 0.3) is 0 Å². The molecule has 2 rings (SSSR count). The molecule has 0 atom stereocenters. The Balaban J connectivity index is 2.34. The lowest BCUT2D eigenvalue weighted by molar-refractivity contribution is -0.116. The zero-order valence-electron chi connectivity index (χ0n) is 10.8. The molecule has 0 unspecified atom stereocenters. The van der Waals surface area contributed by atoms with E-state index in [0.29, 0.717) is 11.5 Å². The Bertz CT molecular complexity index is 484. The Hall–Kier alpha value is -1.90. The molecule has 18 heavy (non-hydrogen) atoms. The number of nitrogens with zero attached hydrogens (tertiary/aromatic N) is 1. The molecule has 3 nitrogen and oxygen atoms in total. The minimum atomic E-state index is -0.0965. The smallest absolute Gasteiger partial charge is 0.267 e. The van der Waals surface area contributed by atoms with Crippen LogP contribution in [-0.4, -0.2) is 11.6 Å². The number of carbonyl (C=O) groups is 1. The average Bonchev–Trinajstić information content (AvgIpc) is 2.78. The highest BCUT2D eigenvalue weighted by Crippen LogP contribution is 2.19. The number of rotatable bonds is 4. The summed E-state index contributed by atoms with van der Waals surface area (Å²) in [5, 5.41) is 4.14. The Morgan fingerprint density at radius 1 is 1.22 bits per heavy atom. The van der Waals surface area contributed by atoms with Crippen molar-refractivity contribution in [2.75, 3.05) is 0 Å². The fourth-order valence-electron chi connectivity index (χ4n) is 2.07. The third-order valence-electron chi connectivity index (χ3n) is 3.27. The Labute approximate surface area is 108 Å². The highest BCUT2D eigenvalue weighted by molar-refractivity contribution is 6.30. The van der Waals surface area contributed by atoms with Gasteiger partial charge in [0.2, 0.25) is 0 Å². The number of amides is 1. The first-order valence-corrected chi connectivity index (χ1v) is 6.41. The number of carbonyl (C=O) groups excluding carboxylic acids is 1. The van der Waals surface area contributed by atoms with Crippen LogP contribution in [0.3, 0.4) is 0 Å². The Kier molecular flexibility index (Phi) is 3.92. The second kappa shape index (κ2) is 5.63. The predicted molar refractivity (Wildman–Crippen MR) is 73.3 cm³/mol. The SMILES string of the molecule is CCC(/C=C1\C(=O)NN=C1c1ccccc1)CC. The van der Waals surface area contributed by atoms with Gasteiger partial charge in [0.25, 0.3) is 5.91 Å². The van der Waals surface area contributed by atoms with Gasteiger partial charge < -0.3 is 0 Å². The second-order valence-electron chi connectivity index (χ2n) is 4.42. The van der Waals surface area contributed by atoms with Crippen molar-refractivity contribution < 1.29 is 4.79 Å². The van der Waals surface area contributed by atoms with Crippen LogP contribution in [0.15, 0.2) is 47.1 Å². The van der Waals surface area contributed by atoms with Crippen molar-refractivity contribution in [1.82, 2.24) is 5.43 Å². The van der Waals surface area contributed by atoms with Crippen molar-refractivity contribution in [3.63, 3.8) is 0 Å². The molecule has 0 bridgehead atoms. The molecular weight excluding hydrogens is 224 g/mol. The largest absolute Gasteiger partial charge is 0.273 e. The molecule has 0 saturated heterocycles. The van der Waals surface area contributed by atoms with E-state index in [2.05, 4.69) is 24.4 Å². The monoisotopic (exact) mass is 242 g/mol. The summed E-state index contributed by atoms with van der Waals surface area (Å²) >= 11 is 0. The normalized spacial score (nSPS) is 17.2. The average molecular weight is 242 g/mol. The summed E-state index contributed by atoms with van der Waals surface area (Å²) in [4.78, 5) is 11.8. The van der Waals surface area contributed by atoms with Gasteiger partial charge >= 0.3 is 0 Å². The molecule has 0 radical (unpaired) electrons. The highest BCUT2D eigenvalue weighted by atomic mass is 16.2. The van der Waals surface area contributed by atoms with Crippen molar-refractivity contribution in [2.45, 2.75) is 26.7 Å². The summed E-state index contributed by atoms with van der Waals surface area (Å²) in [6, 6.07) is 9.81. The molecule has 0 aromatic heterocycles. The molecule has 0 fully saturated rings. The van der Waals surface area contributed by atoms with Crippen LogP contribution >= 0.6 is 0 Å². The van der Waals surface area contributed by atoms with Crippen molar-refractivity contribution in [1.29, 1.82) is 0 Å². The van der Waals surface area contributed by atoms with Gasteiger partial charge in [-0.2, -0.15) is 5.10 Å². The first kappa shape index (κ1) is 12.6. The van der Waals surface area contributed by atoms with Gasteiger partial charge in [-0.1, -0.05) is 50.3 Å². The molecule has 0 aliphatic carbocycles. The Morgan fingerprint density at radius 3 is 2.50 bits per heavy atom. The first-order valence-electron chi connectivity index (χ1n) is 6.41. The maximum atomic E-state index is 11.8. The fraction of sp³-hybridized carbons (Fsp3) is 0.333. The second-order valence-corrected chi connectivity index (χ2v) is 4.42. The van der Waals surface area contributed by atoms with Crippen molar-refractivity contribution >= 4 is 11.6 Å². The minimum Gasteiger partial charge on any atom is -0.267 e. The maximum Gasteiger partial charge on any atom is 0.273 e. The minimum absolute atomic E-state index is 0.0965. The molecule has 1 aromatic carbocycles. The molecule has 1 N–H and O–H groups in total. The highest BCUT2D eigenvalue weighted by Gasteiger charge is 2.24. The van der Waals surface area contributed by atoms with Crippen LogP contribution in [0.2, 0.25) is 0 Å². The van der Waals surface area contributed by atoms with Gasteiger partial charge in [-0.05, 0) is 18.8 Å². The zero-order chi connectivity index (χ0) is 13.0. The molecule has 0 spiro atoms. The van der Waals surface area contributed by atoms with Gasteiger partial charge in [0.05, 0.1) is 5.57 Å². The molecular formula is C15H18N2O. The Morgan fingerprint density at radius 2 is 1.89 bits per heavy atom. The van der Waals surface area contributed by atoms with Crippen LogP contribution in [0.1, 0.15) is 32.3 Å². The number of nitrogens with one attached hydrogen (secondary N) is 1. The number of hydrogen-bond donors (Lipinski definition) is 1. The number of benzene rings is 1. The molecule has 1 amide bonds. The summed E-state index contributed by atoms with van der Waals surface area (Å²) in [7, 11) is 0. The molecule has 94 valence electrons. The summed E-state index contributed by atoms with van der Waals surface area (Å²) in [5.74, 6) is 0.332. The van der Waals surface area contributed by atoms with E-state index < -0.39 is 0 Å². The van der Waals surface area contributed by atoms with Gasteiger partial charge in [0, 0.05) is 5.56 Å². The lowest BCUT2D eigenvalue weighted by Crippen LogP contribution is -2.15. The van der Waals surface area contributed by atoms with E-state index in [1.807, 2.05) is 36.4 Å². The van der Waals surface area contributed by atoms with E-state index in [4.69, 9.17) is 0 Å². The van der Waals surface area contributed by atoms with Crippen molar-refractivity contribution in [3.8, 4) is 0 Å².